The topological polar surface area (TPSA) is 51.2 Å². The van der Waals surface area contributed by atoms with Crippen LogP contribution in [0.25, 0.3) is 0 Å². The number of nitrogens with one attached hydrogen (secondary N) is 1. The molecule has 94 valence electrons. The highest BCUT2D eigenvalue weighted by molar-refractivity contribution is 9.10. The maximum absolute atomic E-state index is 12.1. The molecule has 2 rings (SSSR count). The lowest BCUT2D eigenvalue weighted by molar-refractivity contribution is 0.102. The molecule has 0 aliphatic carbocycles. The summed E-state index contributed by atoms with van der Waals surface area (Å²) in [5, 5.41) is 3.33. The fourth-order valence-electron chi connectivity index (χ4n) is 1.47. The normalized spacial score (nSPS) is 10.2. The van der Waals surface area contributed by atoms with Crippen LogP contribution in [0.5, 0.6) is 5.75 Å². The zero-order chi connectivity index (χ0) is 13.1. The average molecular weight is 327 g/mol. The number of methoxy groups -OCH3 is 1. The number of amides is 1. The van der Waals surface area contributed by atoms with E-state index in [0.29, 0.717) is 16.4 Å². The monoisotopic (exact) mass is 326 g/mol. The highest BCUT2D eigenvalue weighted by atomic mass is 79.9. The number of halogens is 1. The number of nitrogens with zero attached hydrogens (tertiary/aromatic N) is 1. The van der Waals surface area contributed by atoms with Crippen LogP contribution in [0, 0.1) is 6.92 Å². The molecule has 0 saturated heterocycles. The van der Waals surface area contributed by atoms with Crippen LogP contribution in [-0.2, 0) is 0 Å². The third-order valence-electron chi connectivity index (χ3n) is 2.26. The van der Waals surface area contributed by atoms with Crippen LogP contribution in [0.15, 0.2) is 28.9 Å². The second kappa shape index (κ2) is 5.49. The van der Waals surface area contributed by atoms with Crippen molar-refractivity contribution >= 4 is 38.3 Å². The molecule has 0 unspecified atom stereocenters. The van der Waals surface area contributed by atoms with Crippen LogP contribution in [-0.4, -0.2) is 18.0 Å². The number of carbonyl (C=O) groups is 1. The minimum Gasteiger partial charge on any atom is -0.495 e. The van der Waals surface area contributed by atoms with E-state index in [0.717, 1.165) is 9.35 Å². The second-order valence-electron chi connectivity index (χ2n) is 3.55. The van der Waals surface area contributed by atoms with Gasteiger partial charge < -0.3 is 4.74 Å². The second-order valence-corrected chi connectivity index (χ2v) is 5.64. The number of carbonyl (C=O) groups excluding carboxylic acids is 1. The van der Waals surface area contributed by atoms with Gasteiger partial charge >= 0.3 is 0 Å². The summed E-state index contributed by atoms with van der Waals surface area (Å²) < 4.78 is 5.96. The standard InChI is InChI=1S/C12H11BrN2O2S/c1-7-6-14-12(18-7)15-11(16)8-4-3-5-9(13)10(8)17-2/h3-6H,1-2H3,(H,14,15,16). The quantitative estimate of drug-likeness (QED) is 0.939. The SMILES string of the molecule is COc1c(Br)cccc1C(=O)Nc1ncc(C)s1. The molecule has 0 aliphatic heterocycles. The molecule has 0 saturated carbocycles. The Labute approximate surface area is 117 Å². The molecule has 0 bridgehead atoms. The smallest absolute Gasteiger partial charge is 0.261 e. The molecule has 0 aliphatic rings. The van der Waals surface area contributed by atoms with Crippen LogP contribution in [0.3, 0.4) is 0 Å². The summed E-state index contributed by atoms with van der Waals surface area (Å²) in [6.45, 7) is 1.94. The van der Waals surface area contributed by atoms with Gasteiger partial charge in [0.05, 0.1) is 17.1 Å². The van der Waals surface area contributed by atoms with Crippen molar-refractivity contribution < 1.29 is 9.53 Å². The maximum atomic E-state index is 12.1. The minimum atomic E-state index is -0.234. The van der Waals surface area contributed by atoms with Crippen molar-refractivity contribution in [2.75, 3.05) is 12.4 Å². The number of thiazole rings is 1. The van der Waals surface area contributed by atoms with E-state index in [1.165, 1.54) is 18.4 Å². The molecule has 1 N–H and O–H groups in total. The van der Waals surface area contributed by atoms with Crippen LogP contribution in [0.2, 0.25) is 0 Å². The van der Waals surface area contributed by atoms with Crippen molar-refractivity contribution in [3.63, 3.8) is 0 Å². The predicted molar refractivity (Wildman–Crippen MR) is 75.5 cm³/mol. The lowest BCUT2D eigenvalue weighted by Gasteiger charge is -2.09. The first-order valence-corrected chi connectivity index (χ1v) is 6.79. The van der Waals surface area contributed by atoms with Crippen molar-refractivity contribution in [2.45, 2.75) is 6.92 Å². The Morgan fingerprint density at radius 3 is 2.89 bits per heavy atom. The molecule has 1 aromatic carbocycles. The molecule has 0 radical (unpaired) electrons. The first kappa shape index (κ1) is 13.0. The van der Waals surface area contributed by atoms with Gasteiger partial charge in [0.1, 0.15) is 5.75 Å². The van der Waals surface area contributed by atoms with E-state index in [1.54, 1.807) is 18.3 Å². The van der Waals surface area contributed by atoms with Gasteiger partial charge in [0, 0.05) is 11.1 Å². The van der Waals surface area contributed by atoms with Gasteiger partial charge in [-0.25, -0.2) is 4.98 Å². The summed E-state index contributed by atoms with van der Waals surface area (Å²) in [6, 6.07) is 5.32. The van der Waals surface area contributed by atoms with Gasteiger partial charge in [0.25, 0.3) is 5.91 Å². The summed E-state index contributed by atoms with van der Waals surface area (Å²) in [6.07, 6.45) is 1.72. The number of hydrogen-bond donors (Lipinski definition) is 1. The molecule has 0 atom stereocenters. The average Bonchev–Trinajstić information content (AvgIpc) is 2.74. The molecule has 1 heterocycles. The predicted octanol–water partition coefficient (Wildman–Crippen LogP) is 3.47. The lowest BCUT2D eigenvalue weighted by atomic mass is 10.2. The number of hydrogen-bond acceptors (Lipinski definition) is 4. The molecular formula is C12H11BrN2O2S. The highest BCUT2D eigenvalue weighted by Gasteiger charge is 2.15. The number of aromatic nitrogens is 1. The van der Waals surface area contributed by atoms with Gasteiger partial charge in [0.2, 0.25) is 0 Å². The van der Waals surface area contributed by atoms with E-state index >= 15 is 0 Å². The van der Waals surface area contributed by atoms with Gasteiger partial charge in [-0.05, 0) is 35.0 Å². The van der Waals surface area contributed by atoms with E-state index in [2.05, 4.69) is 26.2 Å². The minimum absolute atomic E-state index is 0.234. The molecular weight excluding hydrogens is 316 g/mol. The fraction of sp³-hybridized carbons (Fsp3) is 0.167. The van der Waals surface area contributed by atoms with Gasteiger partial charge in [0.15, 0.2) is 5.13 Å². The van der Waals surface area contributed by atoms with Crippen LogP contribution in [0.4, 0.5) is 5.13 Å². The molecule has 2 aromatic rings. The summed E-state index contributed by atoms with van der Waals surface area (Å²) >= 11 is 4.78. The molecule has 18 heavy (non-hydrogen) atoms. The third kappa shape index (κ3) is 2.70. The number of benzene rings is 1. The third-order valence-corrected chi connectivity index (χ3v) is 3.71. The molecule has 1 aromatic heterocycles. The van der Waals surface area contributed by atoms with E-state index in [1.807, 2.05) is 13.0 Å². The van der Waals surface area contributed by atoms with Gasteiger partial charge in [-0.1, -0.05) is 6.07 Å². The number of ether oxygens (including phenoxy) is 1. The van der Waals surface area contributed by atoms with Crippen molar-refractivity contribution in [3.8, 4) is 5.75 Å². The van der Waals surface area contributed by atoms with E-state index in [4.69, 9.17) is 4.74 Å². The Morgan fingerprint density at radius 2 is 2.28 bits per heavy atom. The van der Waals surface area contributed by atoms with Crippen molar-refractivity contribution in [3.05, 3.63) is 39.3 Å². The summed E-state index contributed by atoms with van der Waals surface area (Å²) in [7, 11) is 1.53. The molecule has 0 spiro atoms. The van der Waals surface area contributed by atoms with Crippen LogP contribution in [0.1, 0.15) is 15.2 Å². The summed E-state index contributed by atoms with van der Waals surface area (Å²) in [4.78, 5) is 17.3. The van der Waals surface area contributed by atoms with Gasteiger partial charge in [-0.2, -0.15) is 0 Å². The summed E-state index contributed by atoms with van der Waals surface area (Å²) in [5.41, 5.74) is 0.472. The first-order valence-electron chi connectivity index (χ1n) is 5.18. The number of aryl methyl sites for hydroxylation is 1. The van der Waals surface area contributed by atoms with E-state index < -0.39 is 0 Å². The highest BCUT2D eigenvalue weighted by Crippen LogP contribution is 2.29. The molecule has 1 amide bonds. The molecule has 6 heteroatoms. The van der Waals surface area contributed by atoms with E-state index in [9.17, 15) is 4.79 Å². The van der Waals surface area contributed by atoms with E-state index in [-0.39, 0.29) is 5.91 Å². The Hall–Kier alpha value is -1.40. The maximum Gasteiger partial charge on any atom is 0.261 e. The molecule has 0 fully saturated rings. The lowest BCUT2D eigenvalue weighted by Crippen LogP contribution is -2.13. The number of para-hydroxylation sites is 1. The van der Waals surface area contributed by atoms with Crippen molar-refractivity contribution in [1.29, 1.82) is 0 Å². The summed E-state index contributed by atoms with van der Waals surface area (Å²) in [5.74, 6) is 0.283. The number of anilines is 1. The Kier molecular flexibility index (Phi) is 3.98. The first-order chi connectivity index (χ1) is 8.61. The Morgan fingerprint density at radius 1 is 1.50 bits per heavy atom. The van der Waals surface area contributed by atoms with Crippen molar-refractivity contribution in [2.24, 2.45) is 0 Å². The largest absolute Gasteiger partial charge is 0.495 e. The fourth-order valence-corrected chi connectivity index (χ4v) is 2.66. The Bertz CT molecular complexity index is 583. The van der Waals surface area contributed by atoms with Gasteiger partial charge in [-0.15, -0.1) is 11.3 Å². The van der Waals surface area contributed by atoms with Crippen LogP contribution >= 0.6 is 27.3 Å². The zero-order valence-corrected chi connectivity index (χ0v) is 12.3. The zero-order valence-electron chi connectivity index (χ0n) is 9.86. The Balaban J connectivity index is 2.26. The van der Waals surface area contributed by atoms with Crippen molar-refractivity contribution in [1.82, 2.24) is 4.98 Å². The molecule has 4 nitrogen and oxygen atoms in total. The van der Waals surface area contributed by atoms with Crippen LogP contribution < -0.4 is 10.1 Å². The number of rotatable bonds is 3. The van der Waals surface area contributed by atoms with Gasteiger partial charge in [-0.3, -0.25) is 10.1 Å².